The lowest BCUT2D eigenvalue weighted by atomic mass is 10.1. The van der Waals surface area contributed by atoms with E-state index in [0.717, 1.165) is 34.1 Å². The van der Waals surface area contributed by atoms with Gasteiger partial charge < -0.3 is 9.84 Å². The summed E-state index contributed by atoms with van der Waals surface area (Å²) in [5.41, 5.74) is -1.66. The Balaban J connectivity index is 1.79. The summed E-state index contributed by atoms with van der Waals surface area (Å²) in [6.07, 6.45) is -4.51. The largest absolute Gasteiger partial charge is 0.478 e. The number of urea groups is 1. The van der Waals surface area contributed by atoms with Crippen molar-refractivity contribution in [1.82, 2.24) is 4.90 Å². The number of benzene rings is 2. The Kier molecular flexibility index (Phi) is 6.81. The van der Waals surface area contributed by atoms with Gasteiger partial charge in [0.15, 0.2) is 5.60 Å². The van der Waals surface area contributed by atoms with E-state index in [1.165, 1.54) is 13.8 Å². The number of alkyl halides is 3. The normalized spacial score (nSPS) is 14.8. The summed E-state index contributed by atoms with van der Waals surface area (Å²) in [7, 11) is 0. The van der Waals surface area contributed by atoms with Gasteiger partial charge in [-0.2, -0.15) is 13.2 Å². The molecule has 1 fully saturated rings. The molecule has 0 saturated carbocycles. The summed E-state index contributed by atoms with van der Waals surface area (Å²) in [5, 5.41) is 9.26. The van der Waals surface area contributed by atoms with E-state index in [1.54, 1.807) is 12.1 Å². The second kappa shape index (κ2) is 8.98. The highest BCUT2D eigenvalue weighted by Crippen LogP contribution is 2.38. The molecule has 7 nitrogen and oxygen atoms in total. The number of imide groups is 1. The van der Waals surface area contributed by atoms with Crippen molar-refractivity contribution in [3.63, 3.8) is 0 Å². The molecule has 0 unspecified atom stereocenters. The summed E-state index contributed by atoms with van der Waals surface area (Å²) in [5.74, 6) is -1.45. The Morgan fingerprint density at radius 3 is 2.12 bits per heavy atom. The number of rotatable bonds is 6. The fourth-order valence-electron chi connectivity index (χ4n) is 3.01. The van der Waals surface area contributed by atoms with Crippen molar-refractivity contribution in [3.8, 4) is 5.75 Å². The summed E-state index contributed by atoms with van der Waals surface area (Å²) in [6.45, 7) is 2.37. The van der Waals surface area contributed by atoms with Crippen LogP contribution in [0.4, 0.5) is 23.7 Å². The van der Waals surface area contributed by atoms with Gasteiger partial charge in [-0.1, -0.05) is 0 Å². The Bertz CT molecular complexity index is 1100. The molecule has 2 aromatic rings. The van der Waals surface area contributed by atoms with Gasteiger partial charge in [-0.15, -0.1) is 0 Å². The molecular formula is C21H17Br2F3N2O5. The molecule has 3 rings (SSSR count). The number of carboxylic acids is 1. The van der Waals surface area contributed by atoms with Crippen LogP contribution in [0.2, 0.25) is 0 Å². The van der Waals surface area contributed by atoms with E-state index in [1.807, 2.05) is 0 Å². The van der Waals surface area contributed by atoms with Crippen LogP contribution in [0.5, 0.6) is 5.75 Å². The third-order valence-corrected chi connectivity index (χ3v) is 6.01. The van der Waals surface area contributed by atoms with Crippen LogP contribution in [0, 0.1) is 0 Å². The highest BCUT2D eigenvalue weighted by Gasteiger charge is 2.38. The van der Waals surface area contributed by atoms with Gasteiger partial charge in [0.2, 0.25) is 0 Å². The number of hydrogen-bond donors (Lipinski definition) is 1. The number of carboxylic acid groups (broad SMARTS) is 1. The first-order valence-electron chi connectivity index (χ1n) is 9.40. The third-order valence-electron chi connectivity index (χ3n) is 4.83. The zero-order chi connectivity index (χ0) is 24.7. The molecule has 0 aliphatic carbocycles. The molecule has 0 aromatic heterocycles. The van der Waals surface area contributed by atoms with E-state index in [9.17, 15) is 32.7 Å². The fourth-order valence-corrected chi connectivity index (χ4v) is 4.45. The smallest absolute Gasteiger partial charge is 0.416 e. The van der Waals surface area contributed by atoms with Crippen molar-refractivity contribution in [2.45, 2.75) is 32.2 Å². The summed E-state index contributed by atoms with van der Waals surface area (Å²) in [4.78, 5) is 38.7. The second-order valence-electron chi connectivity index (χ2n) is 7.70. The Morgan fingerprint density at radius 1 is 1.09 bits per heavy atom. The van der Waals surface area contributed by atoms with Gasteiger partial charge >= 0.3 is 18.2 Å². The zero-order valence-corrected chi connectivity index (χ0v) is 20.4. The minimum Gasteiger partial charge on any atom is -0.478 e. The Morgan fingerprint density at radius 2 is 1.64 bits per heavy atom. The van der Waals surface area contributed by atoms with Gasteiger partial charge in [0, 0.05) is 5.69 Å². The molecule has 0 spiro atoms. The third kappa shape index (κ3) is 5.32. The highest BCUT2D eigenvalue weighted by molar-refractivity contribution is 9.11. The molecule has 1 aliphatic rings. The lowest BCUT2D eigenvalue weighted by Gasteiger charge is -2.24. The number of carbonyl (C=O) groups excluding carboxylic acids is 2. The molecule has 0 radical (unpaired) electrons. The molecule has 33 heavy (non-hydrogen) atoms. The maximum absolute atomic E-state index is 12.8. The zero-order valence-electron chi connectivity index (χ0n) is 17.2. The van der Waals surface area contributed by atoms with Crippen LogP contribution in [0.25, 0.3) is 0 Å². The number of aliphatic carboxylic acids is 1. The van der Waals surface area contributed by atoms with Crippen LogP contribution in [0.15, 0.2) is 45.3 Å². The number of halogens is 5. The monoisotopic (exact) mass is 592 g/mol. The first-order chi connectivity index (χ1) is 15.2. The Hall–Kier alpha value is -2.60. The summed E-state index contributed by atoms with van der Waals surface area (Å²) >= 11 is 6.62. The molecule has 1 saturated heterocycles. The van der Waals surface area contributed by atoms with E-state index in [2.05, 4.69) is 31.9 Å². The predicted molar refractivity (Wildman–Crippen MR) is 119 cm³/mol. The molecule has 176 valence electrons. The topological polar surface area (TPSA) is 87.2 Å². The van der Waals surface area contributed by atoms with E-state index in [4.69, 9.17) is 4.74 Å². The van der Waals surface area contributed by atoms with Gasteiger partial charge in [0.05, 0.1) is 21.1 Å². The SMILES string of the molecule is CC(C)(Oc1c(Br)cc(CN2C(=O)CN(c3ccc(C(F)(F)F)cc3)C2=O)cc1Br)C(=O)O. The van der Waals surface area contributed by atoms with Crippen molar-refractivity contribution in [3.05, 3.63) is 56.5 Å². The van der Waals surface area contributed by atoms with Crippen molar-refractivity contribution < 1.29 is 37.4 Å². The average molecular weight is 594 g/mol. The van der Waals surface area contributed by atoms with Crippen LogP contribution < -0.4 is 9.64 Å². The molecule has 2 aromatic carbocycles. The number of ether oxygens (including phenoxy) is 1. The van der Waals surface area contributed by atoms with Crippen molar-refractivity contribution >= 4 is 55.5 Å². The first kappa shape index (κ1) is 25.0. The molecule has 0 atom stereocenters. The molecule has 12 heteroatoms. The molecule has 1 heterocycles. The van der Waals surface area contributed by atoms with E-state index in [0.29, 0.717) is 14.5 Å². The maximum Gasteiger partial charge on any atom is 0.416 e. The number of hydrogen-bond acceptors (Lipinski definition) is 4. The van der Waals surface area contributed by atoms with Gasteiger partial charge in [0.1, 0.15) is 12.3 Å². The van der Waals surface area contributed by atoms with Crippen LogP contribution in [0.1, 0.15) is 25.0 Å². The van der Waals surface area contributed by atoms with Crippen molar-refractivity contribution in [2.24, 2.45) is 0 Å². The standard InChI is InChI=1S/C21H17Br2F3N2O5/c1-20(2,18(30)31)33-17-14(22)7-11(8-15(17)23)9-28-16(29)10-27(19(28)32)13-5-3-12(4-6-13)21(24,25)26/h3-8H,9-10H2,1-2H3,(H,30,31). The Labute approximate surface area is 203 Å². The van der Waals surface area contributed by atoms with Gasteiger partial charge in [0.25, 0.3) is 5.91 Å². The minimum atomic E-state index is -4.51. The lowest BCUT2D eigenvalue weighted by Crippen LogP contribution is -2.38. The first-order valence-corrected chi connectivity index (χ1v) is 11.0. The highest BCUT2D eigenvalue weighted by atomic mass is 79.9. The van der Waals surface area contributed by atoms with Crippen LogP contribution in [-0.2, 0) is 22.3 Å². The van der Waals surface area contributed by atoms with E-state index >= 15 is 0 Å². The predicted octanol–water partition coefficient (Wildman–Crippen LogP) is 5.44. The van der Waals surface area contributed by atoms with Gasteiger partial charge in [-0.05, 0) is 87.7 Å². The average Bonchev–Trinajstić information content (AvgIpc) is 2.98. The van der Waals surface area contributed by atoms with Gasteiger partial charge in [-0.3, -0.25) is 14.6 Å². The minimum absolute atomic E-state index is 0.103. The van der Waals surface area contributed by atoms with Crippen LogP contribution >= 0.6 is 31.9 Å². The number of carbonyl (C=O) groups is 3. The molecule has 0 bridgehead atoms. The fraction of sp³-hybridized carbons (Fsp3) is 0.286. The molecule has 1 N–H and O–H groups in total. The maximum atomic E-state index is 12.8. The molecule has 3 amide bonds. The van der Waals surface area contributed by atoms with Crippen molar-refractivity contribution in [2.75, 3.05) is 11.4 Å². The number of anilines is 1. The van der Waals surface area contributed by atoms with Crippen molar-refractivity contribution in [1.29, 1.82) is 0 Å². The quantitative estimate of drug-likeness (QED) is 0.451. The number of nitrogens with zero attached hydrogens (tertiary/aromatic N) is 2. The summed E-state index contributed by atoms with van der Waals surface area (Å²) in [6, 6.07) is 6.47. The van der Waals surface area contributed by atoms with Crippen LogP contribution in [0.3, 0.4) is 0 Å². The van der Waals surface area contributed by atoms with Gasteiger partial charge in [-0.25, -0.2) is 9.59 Å². The van der Waals surface area contributed by atoms with E-state index < -0.39 is 35.2 Å². The summed E-state index contributed by atoms with van der Waals surface area (Å²) < 4.78 is 44.7. The van der Waals surface area contributed by atoms with Crippen LogP contribution in [-0.4, -0.2) is 40.1 Å². The lowest BCUT2D eigenvalue weighted by molar-refractivity contribution is -0.152. The molecular weight excluding hydrogens is 577 g/mol. The van der Waals surface area contributed by atoms with E-state index in [-0.39, 0.29) is 24.5 Å². The second-order valence-corrected chi connectivity index (χ2v) is 9.41. The number of amides is 3. The molecule has 1 aliphatic heterocycles.